The van der Waals surface area contributed by atoms with Gasteiger partial charge in [0.2, 0.25) is 11.8 Å². The standard InChI is InChI=1S/C22H32F5N3O7S/c1-20(2,3)36-19(33)28-16(18(32)30-11-10-21(23,24)12-30)15(17(31)29(4)5)13-6-8-14(9-7-13)37-38(34,35)22(25,26)27/h8,13,15-16H,6-7,9-12H2,1-5H3,(H,28,33). The second kappa shape index (κ2) is 11.2. The number of rotatable bonds is 7. The Balaban J connectivity index is 2.40. The van der Waals surface area contributed by atoms with Gasteiger partial charge in [-0.05, 0) is 45.6 Å². The normalized spacial score (nSPS) is 21.7. The SMILES string of the molecule is CN(C)C(=O)C(C1CC=C(OS(=O)(=O)C(F)(F)F)CC1)C(NC(=O)OC(C)(C)C)C(=O)N1CCC(F)(F)C1. The predicted molar refractivity (Wildman–Crippen MR) is 123 cm³/mol. The van der Waals surface area contributed by atoms with Crippen LogP contribution in [0, 0.1) is 11.8 Å². The van der Waals surface area contributed by atoms with Crippen molar-refractivity contribution in [2.75, 3.05) is 27.2 Å². The Labute approximate surface area is 217 Å². The molecular weight excluding hydrogens is 545 g/mol. The molecule has 0 saturated carbocycles. The summed E-state index contributed by atoms with van der Waals surface area (Å²) in [6, 6.07) is -1.64. The maximum atomic E-state index is 13.9. The average Bonchev–Trinajstić information content (AvgIpc) is 3.11. The van der Waals surface area contributed by atoms with Crippen LogP contribution in [0.4, 0.5) is 26.7 Å². The summed E-state index contributed by atoms with van der Waals surface area (Å²) >= 11 is 0. The molecule has 10 nitrogen and oxygen atoms in total. The van der Waals surface area contributed by atoms with Gasteiger partial charge in [-0.25, -0.2) is 13.6 Å². The van der Waals surface area contributed by atoms with E-state index in [0.29, 0.717) is 0 Å². The monoisotopic (exact) mass is 577 g/mol. The number of carbonyl (C=O) groups excluding carboxylic acids is 3. The maximum absolute atomic E-state index is 13.9. The van der Waals surface area contributed by atoms with Gasteiger partial charge in [-0.1, -0.05) is 0 Å². The first-order chi connectivity index (χ1) is 17.1. The van der Waals surface area contributed by atoms with E-state index in [-0.39, 0.29) is 25.8 Å². The lowest BCUT2D eigenvalue weighted by Gasteiger charge is -2.37. The highest BCUT2D eigenvalue weighted by molar-refractivity contribution is 7.87. The molecule has 3 atom stereocenters. The number of ether oxygens (including phenoxy) is 1. The van der Waals surface area contributed by atoms with Crippen molar-refractivity contribution in [3.8, 4) is 0 Å². The van der Waals surface area contributed by atoms with Crippen LogP contribution in [0.3, 0.4) is 0 Å². The van der Waals surface area contributed by atoms with Gasteiger partial charge >= 0.3 is 21.7 Å². The van der Waals surface area contributed by atoms with Crippen molar-refractivity contribution in [2.45, 2.75) is 69.5 Å². The minimum absolute atomic E-state index is 0.0978. The largest absolute Gasteiger partial charge is 0.534 e. The lowest BCUT2D eigenvalue weighted by molar-refractivity contribution is -0.144. The van der Waals surface area contributed by atoms with Crippen molar-refractivity contribution in [3.63, 3.8) is 0 Å². The van der Waals surface area contributed by atoms with E-state index in [4.69, 9.17) is 4.74 Å². The molecule has 2 rings (SSSR count). The molecular formula is C22H32F5N3O7S. The van der Waals surface area contributed by atoms with Gasteiger partial charge in [0.05, 0.1) is 12.5 Å². The fourth-order valence-corrected chi connectivity index (χ4v) is 4.72. The zero-order valence-corrected chi connectivity index (χ0v) is 22.4. The summed E-state index contributed by atoms with van der Waals surface area (Å²) in [5, 5.41) is 2.34. The molecule has 218 valence electrons. The van der Waals surface area contributed by atoms with Crippen LogP contribution in [-0.2, 0) is 28.6 Å². The second-order valence-electron chi connectivity index (χ2n) is 10.4. The number of halogens is 5. The third-order valence-electron chi connectivity index (χ3n) is 5.92. The summed E-state index contributed by atoms with van der Waals surface area (Å²) in [5.41, 5.74) is -6.63. The molecule has 0 spiro atoms. The highest BCUT2D eigenvalue weighted by Crippen LogP contribution is 2.37. The molecule has 1 fully saturated rings. The highest BCUT2D eigenvalue weighted by atomic mass is 32.2. The first kappa shape index (κ1) is 31.6. The first-order valence-corrected chi connectivity index (χ1v) is 13.1. The molecule has 2 aliphatic rings. The molecule has 1 saturated heterocycles. The quantitative estimate of drug-likeness (QED) is 0.281. The topological polar surface area (TPSA) is 122 Å². The van der Waals surface area contributed by atoms with Crippen LogP contribution in [0.25, 0.3) is 0 Å². The van der Waals surface area contributed by atoms with E-state index in [1.165, 1.54) is 14.1 Å². The fraction of sp³-hybridized carbons (Fsp3) is 0.773. The van der Waals surface area contributed by atoms with E-state index in [1.807, 2.05) is 0 Å². The van der Waals surface area contributed by atoms with Crippen molar-refractivity contribution in [1.29, 1.82) is 0 Å². The highest BCUT2D eigenvalue weighted by Gasteiger charge is 2.50. The van der Waals surface area contributed by atoms with Crippen molar-refractivity contribution in [3.05, 3.63) is 11.8 Å². The van der Waals surface area contributed by atoms with Crippen molar-refractivity contribution in [1.82, 2.24) is 15.1 Å². The van der Waals surface area contributed by atoms with Crippen LogP contribution in [0.1, 0.15) is 46.5 Å². The van der Waals surface area contributed by atoms with Gasteiger partial charge in [0, 0.05) is 33.5 Å². The molecule has 0 aromatic heterocycles. The first-order valence-electron chi connectivity index (χ1n) is 11.7. The lowest BCUT2D eigenvalue weighted by Crippen LogP contribution is -2.58. The molecule has 0 aromatic carbocycles. The Morgan fingerprint density at radius 1 is 1.18 bits per heavy atom. The number of carbonyl (C=O) groups is 3. The molecule has 3 unspecified atom stereocenters. The van der Waals surface area contributed by atoms with Crippen molar-refractivity contribution >= 4 is 28.0 Å². The van der Waals surface area contributed by atoms with Crippen LogP contribution in [0.2, 0.25) is 0 Å². The summed E-state index contributed by atoms with van der Waals surface area (Å²) in [7, 11) is -3.15. The van der Waals surface area contributed by atoms with Crippen molar-refractivity contribution in [2.24, 2.45) is 11.8 Å². The number of nitrogens with one attached hydrogen (secondary N) is 1. The molecule has 3 amide bonds. The number of amides is 3. The molecule has 1 N–H and O–H groups in total. The van der Waals surface area contributed by atoms with E-state index in [9.17, 15) is 44.8 Å². The molecule has 0 radical (unpaired) electrons. The number of hydrogen-bond donors (Lipinski definition) is 1. The van der Waals surface area contributed by atoms with Gasteiger partial charge in [0.15, 0.2) is 0 Å². The Morgan fingerprint density at radius 2 is 1.79 bits per heavy atom. The fourth-order valence-electron chi connectivity index (χ4n) is 4.20. The zero-order valence-electron chi connectivity index (χ0n) is 21.6. The molecule has 16 heteroatoms. The smallest absolute Gasteiger partial charge is 0.444 e. The van der Waals surface area contributed by atoms with Crippen LogP contribution in [0.5, 0.6) is 0 Å². The molecule has 38 heavy (non-hydrogen) atoms. The molecule has 0 bridgehead atoms. The zero-order chi connectivity index (χ0) is 29.3. The number of nitrogens with zero attached hydrogens (tertiary/aromatic N) is 2. The molecule has 0 aromatic rings. The van der Waals surface area contributed by atoms with Gasteiger partial charge < -0.3 is 24.0 Å². The van der Waals surface area contributed by atoms with E-state index in [0.717, 1.165) is 15.9 Å². The maximum Gasteiger partial charge on any atom is 0.534 e. The van der Waals surface area contributed by atoms with Gasteiger partial charge in [-0.15, -0.1) is 0 Å². The third kappa shape index (κ3) is 8.17. The van der Waals surface area contributed by atoms with Crippen LogP contribution in [0.15, 0.2) is 11.8 Å². The third-order valence-corrected chi connectivity index (χ3v) is 6.92. The summed E-state index contributed by atoms with van der Waals surface area (Å²) in [6.07, 6.45) is -1.24. The number of allylic oxidation sites excluding steroid dienone is 2. The van der Waals surface area contributed by atoms with Gasteiger partial charge in [-0.2, -0.15) is 21.6 Å². The van der Waals surface area contributed by atoms with Gasteiger partial charge in [0.25, 0.3) is 5.92 Å². The second-order valence-corrected chi connectivity index (χ2v) is 12.0. The minimum Gasteiger partial charge on any atom is -0.444 e. The van der Waals surface area contributed by atoms with E-state index < -0.39 is 81.7 Å². The summed E-state index contributed by atoms with van der Waals surface area (Å²) in [6.45, 7) is 3.41. The number of hydrogen-bond acceptors (Lipinski definition) is 7. The summed E-state index contributed by atoms with van der Waals surface area (Å²) in [4.78, 5) is 41.3. The molecule has 1 aliphatic heterocycles. The Kier molecular flexibility index (Phi) is 9.32. The van der Waals surface area contributed by atoms with Crippen LogP contribution < -0.4 is 5.32 Å². The number of likely N-dealkylation sites (tertiary alicyclic amines) is 1. The number of alkyl halides is 5. The van der Waals surface area contributed by atoms with E-state index >= 15 is 0 Å². The average molecular weight is 578 g/mol. The van der Waals surface area contributed by atoms with Gasteiger partial charge in [-0.3, -0.25) is 9.59 Å². The summed E-state index contributed by atoms with van der Waals surface area (Å²) < 4.78 is 97.9. The predicted octanol–water partition coefficient (Wildman–Crippen LogP) is 3.00. The number of alkyl carbamates (subject to hydrolysis) is 1. The Bertz CT molecular complexity index is 1050. The molecule has 1 heterocycles. The van der Waals surface area contributed by atoms with E-state index in [1.54, 1.807) is 20.8 Å². The minimum atomic E-state index is -5.90. The van der Waals surface area contributed by atoms with E-state index in [2.05, 4.69) is 9.50 Å². The molecule has 1 aliphatic carbocycles. The van der Waals surface area contributed by atoms with Crippen LogP contribution in [-0.4, -0.2) is 86.4 Å². The van der Waals surface area contributed by atoms with Crippen molar-refractivity contribution < 1.29 is 53.7 Å². The Hall–Kier alpha value is -2.65. The van der Waals surface area contributed by atoms with Gasteiger partial charge in [0.1, 0.15) is 17.4 Å². The lowest BCUT2D eigenvalue weighted by atomic mass is 9.77. The van der Waals surface area contributed by atoms with Crippen LogP contribution >= 0.6 is 0 Å². The summed E-state index contributed by atoms with van der Waals surface area (Å²) in [5.74, 6) is -7.38. The Morgan fingerprint density at radius 3 is 2.21 bits per heavy atom.